The van der Waals surface area contributed by atoms with Gasteiger partial charge in [-0.3, -0.25) is 4.79 Å². The van der Waals surface area contributed by atoms with Crippen LogP contribution in [0.5, 0.6) is 11.5 Å². The molecule has 3 rings (SSSR count). The summed E-state index contributed by atoms with van der Waals surface area (Å²) in [6.07, 6.45) is -0.194. The van der Waals surface area contributed by atoms with Gasteiger partial charge in [-0.2, -0.15) is 0 Å². The predicted octanol–water partition coefficient (Wildman–Crippen LogP) is 2.63. The van der Waals surface area contributed by atoms with Gasteiger partial charge in [0.25, 0.3) is 0 Å². The second-order valence-electron chi connectivity index (χ2n) is 5.73. The molecule has 0 spiro atoms. The van der Waals surface area contributed by atoms with Crippen molar-refractivity contribution in [1.82, 2.24) is 0 Å². The van der Waals surface area contributed by atoms with Gasteiger partial charge in [-0.25, -0.2) is 8.42 Å². The molecule has 0 saturated heterocycles. The third-order valence-corrected chi connectivity index (χ3v) is 5.52. The summed E-state index contributed by atoms with van der Waals surface area (Å²) in [6, 6.07) is 11.8. The molecule has 0 atom stereocenters. The number of hydrogen-bond acceptors (Lipinski definition) is 6. The number of hydrogen-bond donors (Lipinski definition) is 0. The maximum Gasteiger partial charge on any atom is 0.307 e. The minimum Gasteiger partial charge on any atom is -0.461 e. The first-order valence-corrected chi connectivity index (χ1v) is 9.43. The molecular formula is C18H18O6S. The van der Waals surface area contributed by atoms with E-state index in [0.717, 1.165) is 11.1 Å². The van der Waals surface area contributed by atoms with Crippen LogP contribution in [0.15, 0.2) is 47.4 Å². The van der Waals surface area contributed by atoms with Gasteiger partial charge in [0.15, 0.2) is 21.3 Å². The smallest absolute Gasteiger partial charge is 0.307 e. The first kappa shape index (κ1) is 17.3. The summed E-state index contributed by atoms with van der Waals surface area (Å²) in [5, 5.41) is 0. The lowest BCUT2D eigenvalue weighted by Gasteiger charge is -2.07. The van der Waals surface area contributed by atoms with Crippen LogP contribution in [0.25, 0.3) is 0 Å². The van der Waals surface area contributed by atoms with Crippen LogP contribution >= 0.6 is 0 Å². The van der Waals surface area contributed by atoms with Crippen molar-refractivity contribution < 1.29 is 27.4 Å². The molecule has 7 heteroatoms. The van der Waals surface area contributed by atoms with Gasteiger partial charge >= 0.3 is 5.97 Å². The maximum absolute atomic E-state index is 12.2. The van der Waals surface area contributed by atoms with Gasteiger partial charge in [-0.05, 0) is 36.8 Å². The monoisotopic (exact) mass is 362 g/mol. The standard InChI is InChI=1S/C18H18O6S/c1-13-2-5-15(6-3-13)25(20,21)9-8-18(19)22-11-14-4-7-16-17(10-14)24-12-23-16/h2-7,10H,8-9,11-12H2,1H3. The SMILES string of the molecule is Cc1ccc(S(=O)(=O)CCC(=O)OCc2ccc3c(c2)OCO3)cc1. The Hall–Kier alpha value is -2.54. The second-order valence-corrected chi connectivity index (χ2v) is 7.84. The van der Waals surface area contributed by atoms with E-state index in [1.54, 1.807) is 42.5 Å². The molecule has 0 bridgehead atoms. The van der Waals surface area contributed by atoms with Gasteiger partial charge in [-0.15, -0.1) is 0 Å². The summed E-state index contributed by atoms with van der Waals surface area (Å²) < 4.78 is 40.0. The van der Waals surface area contributed by atoms with Crippen molar-refractivity contribution in [3.63, 3.8) is 0 Å². The minimum absolute atomic E-state index is 0.0556. The molecule has 1 aliphatic rings. The maximum atomic E-state index is 12.2. The number of benzene rings is 2. The molecular weight excluding hydrogens is 344 g/mol. The molecule has 132 valence electrons. The predicted molar refractivity (Wildman–Crippen MR) is 90.2 cm³/mol. The highest BCUT2D eigenvalue weighted by Gasteiger charge is 2.18. The van der Waals surface area contributed by atoms with E-state index in [1.807, 2.05) is 6.92 Å². The summed E-state index contributed by atoms with van der Waals surface area (Å²) >= 11 is 0. The molecule has 0 saturated carbocycles. The summed E-state index contributed by atoms with van der Waals surface area (Å²) in [6.45, 7) is 2.11. The number of aryl methyl sites for hydroxylation is 1. The number of ether oxygens (including phenoxy) is 3. The van der Waals surface area contributed by atoms with Gasteiger partial charge in [-0.1, -0.05) is 23.8 Å². The summed E-state index contributed by atoms with van der Waals surface area (Å²) in [7, 11) is -3.50. The molecule has 1 heterocycles. The normalized spacial score (nSPS) is 12.8. The average molecular weight is 362 g/mol. The molecule has 0 fully saturated rings. The van der Waals surface area contributed by atoms with E-state index in [4.69, 9.17) is 14.2 Å². The van der Waals surface area contributed by atoms with E-state index < -0.39 is 15.8 Å². The zero-order chi connectivity index (χ0) is 17.9. The van der Waals surface area contributed by atoms with Crippen molar-refractivity contribution in [2.45, 2.75) is 24.8 Å². The Morgan fingerprint density at radius 1 is 1.08 bits per heavy atom. The Labute approximate surface area is 146 Å². The summed E-state index contributed by atoms with van der Waals surface area (Å²) in [5.74, 6) is 0.416. The fourth-order valence-corrected chi connectivity index (χ4v) is 3.57. The number of sulfone groups is 1. The Balaban J connectivity index is 1.52. The van der Waals surface area contributed by atoms with E-state index in [2.05, 4.69) is 0 Å². The lowest BCUT2D eigenvalue weighted by atomic mass is 10.2. The topological polar surface area (TPSA) is 78.9 Å². The Bertz CT molecular complexity index is 871. The number of rotatable bonds is 6. The van der Waals surface area contributed by atoms with Crippen molar-refractivity contribution >= 4 is 15.8 Å². The highest BCUT2D eigenvalue weighted by Crippen LogP contribution is 2.32. The number of carbonyl (C=O) groups is 1. The van der Waals surface area contributed by atoms with Gasteiger partial charge in [0.1, 0.15) is 6.61 Å². The van der Waals surface area contributed by atoms with Gasteiger partial charge in [0, 0.05) is 0 Å². The zero-order valence-electron chi connectivity index (χ0n) is 13.7. The largest absolute Gasteiger partial charge is 0.461 e. The molecule has 6 nitrogen and oxygen atoms in total. The average Bonchev–Trinajstić information content (AvgIpc) is 3.06. The number of fused-ring (bicyclic) bond motifs is 1. The lowest BCUT2D eigenvalue weighted by molar-refractivity contribution is -0.144. The molecule has 0 radical (unpaired) electrons. The van der Waals surface area contributed by atoms with Crippen LogP contribution in [0.2, 0.25) is 0 Å². The van der Waals surface area contributed by atoms with Crippen LogP contribution in [0, 0.1) is 6.92 Å². The molecule has 0 amide bonds. The fourth-order valence-electron chi connectivity index (χ4n) is 2.35. The minimum atomic E-state index is -3.50. The number of esters is 1. The Kier molecular flexibility index (Phi) is 4.94. The molecule has 25 heavy (non-hydrogen) atoms. The van der Waals surface area contributed by atoms with E-state index in [9.17, 15) is 13.2 Å². The van der Waals surface area contributed by atoms with Crippen LogP contribution in [0.3, 0.4) is 0 Å². The molecule has 0 unspecified atom stereocenters. The van der Waals surface area contributed by atoms with E-state index >= 15 is 0 Å². The Morgan fingerprint density at radius 3 is 2.56 bits per heavy atom. The molecule has 2 aromatic carbocycles. The van der Waals surface area contributed by atoms with Crippen molar-refractivity contribution in [3.8, 4) is 11.5 Å². The highest BCUT2D eigenvalue weighted by molar-refractivity contribution is 7.91. The molecule has 0 N–H and O–H groups in total. The highest BCUT2D eigenvalue weighted by atomic mass is 32.2. The molecule has 1 aliphatic heterocycles. The summed E-state index contributed by atoms with van der Waals surface area (Å²) in [4.78, 5) is 12.0. The van der Waals surface area contributed by atoms with Gasteiger partial charge in [0.2, 0.25) is 6.79 Å². The Morgan fingerprint density at radius 2 is 1.80 bits per heavy atom. The van der Waals surface area contributed by atoms with Crippen LogP contribution < -0.4 is 9.47 Å². The van der Waals surface area contributed by atoms with E-state index in [0.29, 0.717) is 11.5 Å². The third-order valence-electron chi connectivity index (χ3n) is 3.79. The summed E-state index contributed by atoms with van der Waals surface area (Å²) in [5.41, 5.74) is 1.72. The van der Waals surface area contributed by atoms with Crippen LogP contribution in [0.1, 0.15) is 17.5 Å². The van der Waals surface area contributed by atoms with Crippen molar-refractivity contribution in [1.29, 1.82) is 0 Å². The van der Waals surface area contributed by atoms with Crippen molar-refractivity contribution in [2.75, 3.05) is 12.5 Å². The lowest BCUT2D eigenvalue weighted by Crippen LogP contribution is -2.13. The number of carbonyl (C=O) groups excluding carboxylic acids is 1. The van der Waals surface area contributed by atoms with E-state index in [-0.39, 0.29) is 30.5 Å². The molecule has 0 aromatic heterocycles. The van der Waals surface area contributed by atoms with Gasteiger partial charge in [0.05, 0.1) is 17.1 Å². The van der Waals surface area contributed by atoms with Crippen LogP contribution in [0.4, 0.5) is 0 Å². The van der Waals surface area contributed by atoms with E-state index in [1.165, 1.54) is 0 Å². The first-order chi connectivity index (χ1) is 11.9. The van der Waals surface area contributed by atoms with Crippen molar-refractivity contribution in [2.24, 2.45) is 0 Å². The van der Waals surface area contributed by atoms with Crippen LogP contribution in [-0.4, -0.2) is 26.9 Å². The molecule has 2 aromatic rings. The molecule has 0 aliphatic carbocycles. The second kappa shape index (κ2) is 7.14. The zero-order valence-corrected chi connectivity index (χ0v) is 14.5. The first-order valence-electron chi connectivity index (χ1n) is 7.78. The third kappa shape index (κ3) is 4.30. The quantitative estimate of drug-likeness (QED) is 0.735. The van der Waals surface area contributed by atoms with Gasteiger partial charge < -0.3 is 14.2 Å². The fraction of sp³-hybridized carbons (Fsp3) is 0.278. The van der Waals surface area contributed by atoms with Crippen molar-refractivity contribution in [3.05, 3.63) is 53.6 Å². The van der Waals surface area contributed by atoms with Crippen LogP contribution in [-0.2, 0) is 26.0 Å².